The maximum absolute atomic E-state index is 13.0. The van der Waals surface area contributed by atoms with E-state index in [1.54, 1.807) is 6.08 Å². The summed E-state index contributed by atoms with van der Waals surface area (Å²) in [5, 5.41) is 14.0. The number of rotatable bonds is 61. The van der Waals surface area contributed by atoms with Gasteiger partial charge in [-0.15, -0.1) is 0 Å². The van der Waals surface area contributed by atoms with Crippen LogP contribution in [0.15, 0.2) is 85.1 Å². The number of nitrogens with one attached hydrogen (secondary N) is 1. The zero-order valence-corrected chi connectivity index (χ0v) is 53.5. The second-order valence-electron chi connectivity index (χ2n) is 23.8. The summed E-state index contributed by atoms with van der Waals surface area (Å²) in [6.07, 6.45) is 85.8. The largest absolute Gasteiger partial charge is 0.472 e. The zero-order chi connectivity index (χ0) is 57.7. The topological polar surface area (TPSA) is 105 Å². The van der Waals surface area contributed by atoms with Gasteiger partial charge in [0.2, 0.25) is 5.91 Å². The molecule has 460 valence electrons. The first-order chi connectivity index (χ1) is 38.5. The van der Waals surface area contributed by atoms with Gasteiger partial charge in [-0.1, -0.05) is 298 Å². The van der Waals surface area contributed by atoms with Crippen LogP contribution in [0.1, 0.15) is 303 Å². The maximum Gasteiger partial charge on any atom is 0.472 e. The van der Waals surface area contributed by atoms with Crippen molar-refractivity contribution in [3.05, 3.63) is 85.1 Å². The minimum atomic E-state index is -4.37. The SMILES string of the molecule is CC/C=C\C/C=C\C/C=C\C/C=C\CCCCCCCCCCCCCCCCCCC(=O)NC(COP(=O)(O)OCC[N+](C)(C)C)C(O)/C=C/CC/C=C/CC/C=C/CCCCCCCCCCCCCCCCCCCC. The number of hydrogen-bond acceptors (Lipinski definition) is 5. The molecule has 0 heterocycles. The molecule has 0 aliphatic carbocycles. The van der Waals surface area contributed by atoms with Crippen LogP contribution >= 0.6 is 7.82 Å². The first-order valence-electron chi connectivity index (χ1n) is 33.5. The third kappa shape index (κ3) is 63.1. The summed E-state index contributed by atoms with van der Waals surface area (Å²) in [4.78, 5) is 23.4. The van der Waals surface area contributed by atoms with E-state index in [-0.39, 0.29) is 19.1 Å². The Hall–Kier alpha value is -2.32. The lowest BCUT2D eigenvalue weighted by Crippen LogP contribution is -2.45. The number of nitrogens with zero attached hydrogens (tertiary/aromatic N) is 1. The van der Waals surface area contributed by atoms with Gasteiger partial charge in [0.1, 0.15) is 13.2 Å². The summed E-state index contributed by atoms with van der Waals surface area (Å²) in [7, 11) is 1.55. The number of aliphatic hydroxyl groups is 1. The number of amides is 1. The Morgan fingerprint density at radius 2 is 0.772 bits per heavy atom. The smallest absolute Gasteiger partial charge is 0.387 e. The minimum absolute atomic E-state index is 0.0514. The van der Waals surface area contributed by atoms with Gasteiger partial charge in [-0.05, 0) is 83.5 Å². The van der Waals surface area contributed by atoms with E-state index in [0.29, 0.717) is 17.4 Å². The number of allylic oxidation sites excluding steroid dienone is 13. The van der Waals surface area contributed by atoms with Crippen LogP contribution in [-0.2, 0) is 18.4 Å². The maximum atomic E-state index is 13.0. The second-order valence-corrected chi connectivity index (χ2v) is 25.3. The minimum Gasteiger partial charge on any atom is -0.387 e. The number of unbranched alkanes of at least 4 members (excludes halogenated alkanes) is 36. The van der Waals surface area contributed by atoms with Crippen LogP contribution in [-0.4, -0.2) is 73.4 Å². The number of hydrogen-bond donors (Lipinski definition) is 3. The summed E-state index contributed by atoms with van der Waals surface area (Å²) < 4.78 is 23.8. The van der Waals surface area contributed by atoms with Crippen molar-refractivity contribution in [1.82, 2.24) is 5.32 Å². The lowest BCUT2D eigenvalue weighted by molar-refractivity contribution is -0.870. The van der Waals surface area contributed by atoms with Crippen molar-refractivity contribution in [3.63, 3.8) is 0 Å². The molecule has 0 aliphatic heterocycles. The molecule has 0 saturated carbocycles. The molecule has 0 aromatic rings. The lowest BCUT2D eigenvalue weighted by atomic mass is 10.0. The van der Waals surface area contributed by atoms with Crippen LogP contribution in [0, 0.1) is 0 Å². The molecule has 79 heavy (non-hydrogen) atoms. The molecule has 9 heteroatoms. The van der Waals surface area contributed by atoms with Crippen molar-refractivity contribution in [2.45, 2.75) is 315 Å². The molecule has 0 saturated heterocycles. The highest BCUT2D eigenvalue weighted by Crippen LogP contribution is 2.43. The van der Waals surface area contributed by atoms with E-state index in [4.69, 9.17) is 9.05 Å². The highest BCUT2D eigenvalue weighted by molar-refractivity contribution is 7.47. The number of quaternary nitrogens is 1. The number of carbonyl (C=O) groups is 1. The summed E-state index contributed by atoms with van der Waals surface area (Å²) >= 11 is 0. The van der Waals surface area contributed by atoms with Crippen molar-refractivity contribution < 1.29 is 32.9 Å². The standard InChI is InChI=1S/C70H129N2O6P/c1-6-8-10-12-14-16-18-20-22-24-26-28-30-32-34-36-38-40-42-44-46-48-50-52-54-56-58-60-62-64-70(74)71-68(67-78-79(75,76)77-66-65-72(3,4)5)69(73)63-61-59-57-55-53-51-49-47-45-43-41-39-37-35-33-31-29-27-25-23-21-19-17-15-13-11-9-7-2/h8,10,14,16,20,22,26,28,45,47,53,55,61,63,68-69,73H,6-7,9,11-13,15,17-19,21,23-25,27,29-44,46,48-52,54,56-60,62,64-67H2,1-5H3,(H-,71,74,75,76)/p+1/b10-8-,16-14-,22-20-,28-26-,47-45+,55-53+,63-61+. The summed E-state index contributed by atoms with van der Waals surface area (Å²) in [6, 6.07) is -0.875. The van der Waals surface area contributed by atoms with Crippen molar-refractivity contribution in [2.75, 3.05) is 40.9 Å². The Morgan fingerprint density at radius 3 is 1.16 bits per heavy atom. The first-order valence-corrected chi connectivity index (χ1v) is 35.0. The fourth-order valence-electron chi connectivity index (χ4n) is 9.66. The molecule has 3 N–H and O–H groups in total. The van der Waals surface area contributed by atoms with E-state index in [0.717, 1.165) is 70.6 Å². The fourth-order valence-corrected chi connectivity index (χ4v) is 10.4. The van der Waals surface area contributed by atoms with Gasteiger partial charge >= 0.3 is 7.82 Å². The molecule has 1 amide bonds. The number of phosphoric ester groups is 1. The second kappa shape index (κ2) is 60.3. The van der Waals surface area contributed by atoms with Crippen molar-refractivity contribution in [3.8, 4) is 0 Å². The molecule has 0 fully saturated rings. The predicted octanol–water partition coefficient (Wildman–Crippen LogP) is 21.2. The van der Waals surface area contributed by atoms with Crippen molar-refractivity contribution >= 4 is 13.7 Å². The van der Waals surface area contributed by atoms with Crippen LogP contribution in [0.3, 0.4) is 0 Å². The monoisotopic (exact) mass is 1130 g/mol. The fraction of sp³-hybridized carbons (Fsp3) is 0.786. The molecule has 0 aliphatic rings. The number of aliphatic hydroxyl groups excluding tert-OH is 1. The van der Waals surface area contributed by atoms with Gasteiger partial charge < -0.3 is 19.8 Å². The van der Waals surface area contributed by atoms with E-state index in [2.05, 4.69) is 92.1 Å². The summed E-state index contributed by atoms with van der Waals surface area (Å²) in [5.41, 5.74) is 0. The molecule has 8 nitrogen and oxygen atoms in total. The van der Waals surface area contributed by atoms with E-state index in [1.807, 2.05) is 27.2 Å². The summed E-state index contributed by atoms with van der Waals surface area (Å²) in [6.45, 7) is 4.71. The quantitative estimate of drug-likeness (QED) is 0.0243. The Balaban J connectivity index is 4.17. The Kier molecular flexibility index (Phi) is 58.5. The van der Waals surface area contributed by atoms with Gasteiger partial charge in [0.15, 0.2) is 0 Å². The first kappa shape index (κ1) is 76.7. The van der Waals surface area contributed by atoms with Gasteiger partial charge in [0, 0.05) is 6.42 Å². The van der Waals surface area contributed by atoms with Gasteiger partial charge in [0.05, 0.1) is 39.9 Å². The Morgan fingerprint density at radius 1 is 0.443 bits per heavy atom. The molecule has 0 bridgehead atoms. The van der Waals surface area contributed by atoms with Crippen molar-refractivity contribution in [2.24, 2.45) is 0 Å². The van der Waals surface area contributed by atoms with Gasteiger partial charge in [-0.25, -0.2) is 4.57 Å². The molecule has 3 atom stereocenters. The average Bonchev–Trinajstić information content (AvgIpc) is 3.42. The van der Waals surface area contributed by atoms with Crippen LogP contribution in [0.2, 0.25) is 0 Å². The number of likely N-dealkylation sites (N-methyl/N-ethyl adjacent to an activating group) is 1. The van der Waals surface area contributed by atoms with Crippen LogP contribution < -0.4 is 5.32 Å². The third-order valence-corrected chi connectivity index (χ3v) is 15.8. The van der Waals surface area contributed by atoms with E-state index >= 15 is 0 Å². The highest BCUT2D eigenvalue weighted by atomic mass is 31.2. The third-order valence-electron chi connectivity index (χ3n) is 14.8. The summed E-state index contributed by atoms with van der Waals surface area (Å²) in [5.74, 6) is -0.190. The van der Waals surface area contributed by atoms with E-state index in [9.17, 15) is 19.4 Å². The zero-order valence-electron chi connectivity index (χ0n) is 52.6. The molecule has 0 radical (unpaired) electrons. The Bertz CT molecular complexity index is 1560. The Labute approximate surface area is 490 Å². The van der Waals surface area contributed by atoms with Crippen LogP contribution in [0.25, 0.3) is 0 Å². The lowest BCUT2D eigenvalue weighted by Gasteiger charge is -2.25. The molecule has 0 spiro atoms. The van der Waals surface area contributed by atoms with E-state index < -0.39 is 20.0 Å². The van der Waals surface area contributed by atoms with Gasteiger partial charge in [0.25, 0.3) is 0 Å². The number of carbonyl (C=O) groups excluding carboxylic acids is 1. The van der Waals surface area contributed by atoms with Crippen LogP contribution in [0.5, 0.6) is 0 Å². The van der Waals surface area contributed by atoms with Gasteiger partial charge in [-0.3, -0.25) is 13.8 Å². The van der Waals surface area contributed by atoms with Crippen LogP contribution in [0.4, 0.5) is 0 Å². The molecule has 0 aromatic carbocycles. The van der Waals surface area contributed by atoms with Crippen molar-refractivity contribution in [1.29, 1.82) is 0 Å². The molecule has 0 aromatic heterocycles. The molecule has 0 rings (SSSR count). The normalized spacial score (nSPS) is 14.3. The van der Waals surface area contributed by atoms with E-state index in [1.165, 1.54) is 212 Å². The molecular formula is C70H130N2O6P+. The number of phosphoric acid groups is 1. The highest BCUT2D eigenvalue weighted by Gasteiger charge is 2.28. The predicted molar refractivity (Wildman–Crippen MR) is 346 cm³/mol. The average molecular weight is 1130 g/mol. The van der Waals surface area contributed by atoms with Gasteiger partial charge in [-0.2, -0.15) is 0 Å². The molecule has 3 unspecified atom stereocenters. The molecular weight excluding hydrogens is 996 g/mol.